The molecule has 4 nitrogen and oxygen atoms in total. The van der Waals surface area contributed by atoms with Gasteiger partial charge >= 0.3 is 0 Å². The first-order valence-corrected chi connectivity index (χ1v) is 8.63. The van der Waals surface area contributed by atoms with Crippen molar-refractivity contribution in [2.24, 2.45) is 0 Å². The molecule has 0 bridgehead atoms. The zero-order valence-corrected chi connectivity index (χ0v) is 14.8. The van der Waals surface area contributed by atoms with E-state index >= 15 is 0 Å². The molecule has 0 unspecified atom stereocenters. The molecule has 0 fully saturated rings. The van der Waals surface area contributed by atoms with Crippen LogP contribution in [0.2, 0.25) is 0 Å². The lowest BCUT2D eigenvalue weighted by Gasteiger charge is -2.09. The number of methoxy groups -OCH3 is 1. The molecule has 2 aromatic carbocycles. The molecule has 24 heavy (non-hydrogen) atoms. The predicted molar refractivity (Wildman–Crippen MR) is 99.7 cm³/mol. The molecule has 1 aromatic heterocycles. The number of nitrogens with one attached hydrogen (secondary N) is 1. The fraction of sp³-hybridized carbons (Fsp3) is 0.211. The van der Waals surface area contributed by atoms with E-state index in [4.69, 9.17) is 14.5 Å². The maximum Gasteiger partial charge on any atom is 0.188 e. The number of nitrogens with zero attached hydrogens (tertiary/aromatic N) is 1. The van der Waals surface area contributed by atoms with Crippen molar-refractivity contribution < 1.29 is 9.47 Å². The Bertz CT molecular complexity index is 812. The van der Waals surface area contributed by atoms with Gasteiger partial charge in [0, 0.05) is 10.4 Å². The molecule has 0 aliphatic rings. The average Bonchev–Trinajstić information content (AvgIpc) is 2.97. The molecule has 3 aromatic rings. The summed E-state index contributed by atoms with van der Waals surface area (Å²) in [5, 5.41) is 4.22. The van der Waals surface area contributed by atoms with Gasteiger partial charge in [-0.05, 0) is 50.2 Å². The lowest BCUT2D eigenvalue weighted by molar-refractivity contribution is 0.342. The fourth-order valence-electron chi connectivity index (χ4n) is 2.43. The normalized spacial score (nSPS) is 10.5. The number of benzene rings is 2. The minimum atomic E-state index is 0.632. The predicted octanol–water partition coefficient (Wildman–Crippen LogP) is 5.27. The van der Waals surface area contributed by atoms with E-state index in [-0.39, 0.29) is 0 Å². The zero-order valence-electron chi connectivity index (χ0n) is 14.0. The topological polar surface area (TPSA) is 43.4 Å². The van der Waals surface area contributed by atoms with Crippen LogP contribution in [0.5, 0.6) is 11.5 Å². The van der Waals surface area contributed by atoms with E-state index in [0.717, 1.165) is 38.5 Å². The SMILES string of the molecule is CCOc1ccccc1Nc1nc(-c2ccc(OC)cc2)c(C)s1. The fourth-order valence-corrected chi connectivity index (χ4v) is 3.28. The maximum atomic E-state index is 5.66. The molecule has 3 rings (SSSR count). The maximum absolute atomic E-state index is 5.66. The monoisotopic (exact) mass is 340 g/mol. The highest BCUT2D eigenvalue weighted by atomic mass is 32.1. The second-order valence-electron chi connectivity index (χ2n) is 5.21. The molecule has 0 aliphatic carbocycles. The Labute approximate surface area is 146 Å². The zero-order chi connectivity index (χ0) is 16.9. The molecular weight excluding hydrogens is 320 g/mol. The summed E-state index contributed by atoms with van der Waals surface area (Å²) in [5.41, 5.74) is 2.99. The molecule has 0 spiro atoms. The van der Waals surface area contributed by atoms with Crippen LogP contribution in [-0.2, 0) is 0 Å². The quantitative estimate of drug-likeness (QED) is 0.664. The van der Waals surface area contributed by atoms with E-state index in [9.17, 15) is 0 Å². The van der Waals surface area contributed by atoms with E-state index < -0.39 is 0 Å². The summed E-state index contributed by atoms with van der Waals surface area (Å²) in [6, 6.07) is 15.8. The highest BCUT2D eigenvalue weighted by molar-refractivity contribution is 7.16. The van der Waals surface area contributed by atoms with Crippen LogP contribution in [0.4, 0.5) is 10.8 Å². The summed E-state index contributed by atoms with van der Waals surface area (Å²) in [5.74, 6) is 1.68. The number of anilines is 2. The van der Waals surface area contributed by atoms with Gasteiger partial charge in [-0.25, -0.2) is 4.98 Å². The van der Waals surface area contributed by atoms with Crippen LogP contribution in [-0.4, -0.2) is 18.7 Å². The van der Waals surface area contributed by atoms with Crippen molar-refractivity contribution in [1.82, 2.24) is 4.98 Å². The molecule has 0 saturated carbocycles. The summed E-state index contributed by atoms with van der Waals surface area (Å²) in [6.07, 6.45) is 0. The summed E-state index contributed by atoms with van der Waals surface area (Å²) in [6.45, 7) is 4.69. The van der Waals surface area contributed by atoms with Gasteiger partial charge in [0.25, 0.3) is 0 Å². The highest BCUT2D eigenvalue weighted by Crippen LogP contribution is 2.34. The lowest BCUT2D eigenvalue weighted by Crippen LogP contribution is -1.97. The summed E-state index contributed by atoms with van der Waals surface area (Å²) < 4.78 is 10.9. The van der Waals surface area contributed by atoms with Gasteiger partial charge in [0.1, 0.15) is 11.5 Å². The Morgan fingerprint density at radius 3 is 2.54 bits per heavy atom. The third kappa shape index (κ3) is 3.51. The number of thiazole rings is 1. The van der Waals surface area contributed by atoms with Crippen molar-refractivity contribution >= 4 is 22.2 Å². The molecule has 0 atom stereocenters. The number of aromatic nitrogens is 1. The standard InChI is InChI=1S/C19H20N2O2S/c1-4-23-17-8-6-5-7-16(17)20-19-21-18(13(2)24-19)14-9-11-15(22-3)12-10-14/h5-12H,4H2,1-3H3,(H,20,21). The second-order valence-corrected chi connectivity index (χ2v) is 6.41. The van der Waals surface area contributed by atoms with Crippen LogP contribution < -0.4 is 14.8 Å². The number of rotatable bonds is 6. The van der Waals surface area contributed by atoms with Gasteiger partial charge in [-0.1, -0.05) is 12.1 Å². The molecule has 0 saturated heterocycles. The number of hydrogen-bond acceptors (Lipinski definition) is 5. The van der Waals surface area contributed by atoms with E-state index in [1.165, 1.54) is 0 Å². The summed E-state index contributed by atoms with van der Waals surface area (Å²) in [7, 11) is 1.67. The molecular formula is C19H20N2O2S. The molecule has 0 radical (unpaired) electrons. The lowest BCUT2D eigenvalue weighted by atomic mass is 10.1. The Balaban J connectivity index is 1.86. The van der Waals surface area contributed by atoms with Crippen molar-refractivity contribution in [2.75, 3.05) is 19.0 Å². The Kier molecular flexibility index (Phi) is 5.01. The van der Waals surface area contributed by atoms with Gasteiger partial charge in [0.2, 0.25) is 0 Å². The molecule has 5 heteroatoms. The molecule has 0 amide bonds. The summed E-state index contributed by atoms with van der Waals surface area (Å²) >= 11 is 1.63. The van der Waals surface area contributed by atoms with Crippen molar-refractivity contribution in [3.05, 3.63) is 53.4 Å². The van der Waals surface area contributed by atoms with Crippen molar-refractivity contribution in [3.8, 4) is 22.8 Å². The van der Waals surface area contributed by atoms with E-state index in [0.29, 0.717) is 6.61 Å². The smallest absolute Gasteiger partial charge is 0.188 e. The molecule has 124 valence electrons. The van der Waals surface area contributed by atoms with Crippen LogP contribution in [0.3, 0.4) is 0 Å². The number of hydrogen-bond donors (Lipinski definition) is 1. The minimum Gasteiger partial charge on any atom is -0.497 e. The van der Waals surface area contributed by atoms with Gasteiger partial charge < -0.3 is 14.8 Å². The third-order valence-electron chi connectivity index (χ3n) is 3.59. The number of para-hydroxylation sites is 2. The molecule has 0 aliphatic heterocycles. The van der Waals surface area contributed by atoms with Crippen LogP contribution >= 0.6 is 11.3 Å². The highest BCUT2D eigenvalue weighted by Gasteiger charge is 2.11. The van der Waals surface area contributed by atoms with Crippen molar-refractivity contribution in [2.45, 2.75) is 13.8 Å². The Morgan fingerprint density at radius 2 is 1.83 bits per heavy atom. The first kappa shape index (κ1) is 16.3. The largest absolute Gasteiger partial charge is 0.497 e. The molecule has 1 heterocycles. The van der Waals surface area contributed by atoms with Gasteiger partial charge in [0.15, 0.2) is 5.13 Å². The van der Waals surface area contributed by atoms with Crippen molar-refractivity contribution in [3.63, 3.8) is 0 Å². The van der Waals surface area contributed by atoms with Gasteiger partial charge in [-0.3, -0.25) is 0 Å². The van der Waals surface area contributed by atoms with Crippen LogP contribution in [0.15, 0.2) is 48.5 Å². The van der Waals surface area contributed by atoms with Crippen LogP contribution in [0.25, 0.3) is 11.3 Å². The Morgan fingerprint density at radius 1 is 1.08 bits per heavy atom. The van der Waals surface area contributed by atoms with Gasteiger partial charge in [0.05, 0.1) is 25.1 Å². The van der Waals surface area contributed by atoms with E-state index in [2.05, 4.69) is 12.2 Å². The Hall–Kier alpha value is -2.53. The van der Waals surface area contributed by atoms with Gasteiger partial charge in [-0.2, -0.15) is 0 Å². The second kappa shape index (κ2) is 7.36. The third-order valence-corrected chi connectivity index (χ3v) is 4.47. The van der Waals surface area contributed by atoms with Crippen LogP contribution in [0.1, 0.15) is 11.8 Å². The number of aryl methyl sites for hydroxylation is 1. The van der Waals surface area contributed by atoms with Crippen molar-refractivity contribution in [1.29, 1.82) is 0 Å². The number of ether oxygens (including phenoxy) is 2. The van der Waals surface area contributed by atoms with Crippen LogP contribution in [0, 0.1) is 6.92 Å². The first-order chi connectivity index (χ1) is 11.7. The van der Waals surface area contributed by atoms with E-state index in [1.54, 1.807) is 18.4 Å². The summed E-state index contributed by atoms with van der Waals surface area (Å²) in [4.78, 5) is 5.91. The molecule has 1 N–H and O–H groups in total. The van der Waals surface area contributed by atoms with E-state index in [1.807, 2.05) is 55.5 Å². The van der Waals surface area contributed by atoms with Gasteiger partial charge in [-0.15, -0.1) is 11.3 Å². The first-order valence-electron chi connectivity index (χ1n) is 7.82. The minimum absolute atomic E-state index is 0.632. The average molecular weight is 340 g/mol.